The summed E-state index contributed by atoms with van der Waals surface area (Å²) in [6.07, 6.45) is 2.10. The minimum Gasteiger partial charge on any atom is -0.370 e. The maximum Gasteiger partial charge on any atom is 0.270 e. The molecule has 0 aromatic heterocycles. The van der Waals surface area contributed by atoms with E-state index in [1.807, 2.05) is 7.05 Å². The van der Waals surface area contributed by atoms with E-state index >= 15 is 0 Å². The van der Waals surface area contributed by atoms with Gasteiger partial charge in [-0.05, 0) is 25.5 Å². The predicted octanol–water partition coefficient (Wildman–Crippen LogP) is 2.39. The average molecular weight is 288 g/mol. The highest BCUT2D eigenvalue weighted by Gasteiger charge is 2.24. The van der Waals surface area contributed by atoms with Crippen molar-refractivity contribution in [3.8, 4) is 6.07 Å². The Morgan fingerprint density at radius 2 is 2.14 bits per heavy atom. The van der Waals surface area contributed by atoms with Crippen molar-refractivity contribution < 1.29 is 4.92 Å². The lowest BCUT2D eigenvalue weighted by Gasteiger charge is -2.37. The molecule has 0 aliphatic carbocycles. The third kappa shape index (κ3) is 3.31. The van der Waals surface area contributed by atoms with Crippen LogP contribution in [0.4, 0.5) is 11.4 Å². The Kier molecular flexibility index (Phi) is 4.76. The highest BCUT2D eigenvalue weighted by molar-refractivity contribution is 5.63. The SMILES string of the molecule is CCN1CCC(N(C)c2ccc([N+](=O)[O-])cc2C#N)CC1. The predicted molar refractivity (Wildman–Crippen MR) is 81.4 cm³/mol. The summed E-state index contributed by atoms with van der Waals surface area (Å²) in [5, 5.41) is 20.0. The molecule has 1 aliphatic heterocycles. The Morgan fingerprint density at radius 3 is 2.67 bits per heavy atom. The number of non-ortho nitro benzene ring substituents is 1. The number of hydrogen-bond donors (Lipinski definition) is 0. The number of anilines is 1. The summed E-state index contributed by atoms with van der Waals surface area (Å²) in [6.45, 7) is 5.34. The van der Waals surface area contributed by atoms with Crippen LogP contribution in [0.5, 0.6) is 0 Å². The molecule has 0 bridgehead atoms. The summed E-state index contributed by atoms with van der Waals surface area (Å²) in [5.41, 5.74) is 1.10. The number of benzene rings is 1. The second kappa shape index (κ2) is 6.55. The van der Waals surface area contributed by atoms with Crippen LogP contribution in [0, 0.1) is 21.4 Å². The molecule has 0 unspecified atom stereocenters. The molecule has 1 aliphatic rings. The van der Waals surface area contributed by atoms with Crippen LogP contribution in [0.3, 0.4) is 0 Å². The van der Waals surface area contributed by atoms with Crippen molar-refractivity contribution >= 4 is 11.4 Å². The van der Waals surface area contributed by atoms with Crippen molar-refractivity contribution in [2.75, 3.05) is 31.6 Å². The molecule has 2 rings (SSSR count). The first-order valence-electron chi connectivity index (χ1n) is 7.20. The van der Waals surface area contributed by atoms with E-state index in [1.165, 1.54) is 12.1 Å². The monoisotopic (exact) mass is 288 g/mol. The molecule has 112 valence electrons. The van der Waals surface area contributed by atoms with Crippen molar-refractivity contribution in [2.24, 2.45) is 0 Å². The first kappa shape index (κ1) is 15.3. The molecule has 1 heterocycles. The number of nitro groups is 1. The van der Waals surface area contributed by atoms with Gasteiger partial charge in [0.2, 0.25) is 0 Å². The number of likely N-dealkylation sites (tertiary alicyclic amines) is 1. The van der Waals surface area contributed by atoms with Crippen LogP contribution < -0.4 is 4.90 Å². The lowest BCUT2D eigenvalue weighted by atomic mass is 10.0. The molecular formula is C15H20N4O2. The number of nitrogens with zero attached hydrogens (tertiary/aromatic N) is 4. The second-order valence-corrected chi connectivity index (χ2v) is 5.35. The molecule has 21 heavy (non-hydrogen) atoms. The Hall–Kier alpha value is -2.13. The van der Waals surface area contributed by atoms with Gasteiger partial charge in [-0.2, -0.15) is 5.26 Å². The normalized spacial score (nSPS) is 16.4. The van der Waals surface area contributed by atoms with Crippen LogP contribution in [0.25, 0.3) is 0 Å². The van der Waals surface area contributed by atoms with E-state index in [4.69, 9.17) is 0 Å². The molecule has 0 radical (unpaired) electrons. The largest absolute Gasteiger partial charge is 0.370 e. The number of nitriles is 1. The quantitative estimate of drug-likeness (QED) is 0.628. The minimum atomic E-state index is -0.468. The van der Waals surface area contributed by atoms with Crippen LogP contribution in [0.1, 0.15) is 25.3 Å². The topological polar surface area (TPSA) is 73.4 Å². The second-order valence-electron chi connectivity index (χ2n) is 5.35. The van der Waals surface area contributed by atoms with Crippen molar-refractivity contribution in [3.05, 3.63) is 33.9 Å². The van der Waals surface area contributed by atoms with E-state index in [2.05, 4.69) is 22.8 Å². The van der Waals surface area contributed by atoms with Crippen molar-refractivity contribution in [3.63, 3.8) is 0 Å². The van der Waals surface area contributed by atoms with Gasteiger partial charge in [0.1, 0.15) is 6.07 Å². The lowest BCUT2D eigenvalue weighted by molar-refractivity contribution is -0.384. The summed E-state index contributed by atoms with van der Waals surface area (Å²) in [5.74, 6) is 0. The van der Waals surface area contributed by atoms with Crippen LogP contribution in [-0.2, 0) is 0 Å². The molecule has 0 N–H and O–H groups in total. The smallest absolute Gasteiger partial charge is 0.270 e. The van der Waals surface area contributed by atoms with Crippen LogP contribution in [0.15, 0.2) is 18.2 Å². The van der Waals surface area contributed by atoms with Gasteiger partial charge in [0.15, 0.2) is 0 Å². The van der Waals surface area contributed by atoms with Crippen molar-refractivity contribution in [2.45, 2.75) is 25.8 Å². The molecular weight excluding hydrogens is 268 g/mol. The van der Waals surface area contributed by atoms with E-state index in [0.717, 1.165) is 38.2 Å². The summed E-state index contributed by atoms with van der Waals surface area (Å²) in [6, 6.07) is 6.95. The number of rotatable bonds is 4. The summed E-state index contributed by atoms with van der Waals surface area (Å²) >= 11 is 0. The van der Waals surface area contributed by atoms with E-state index in [0.29, 0.717) is 11.6 Å². The van der Waals surface area contributed by atoms with Gasteiger partial charge in [-0.15, -0.1) is 0 Å². The molecule has 1 fully saturated rings. The molecule has 6 nitrogen and oxygen atoms in total. The summed E-state index contributed by atoms with van der Waals surface area (Å²) < 4.78 is 0. The Bertz CT molecular complexity index is 559. The Labute approximate surface area is 124 Å². The van der Waals surface area contributed by atoms with Crippen LogP contribution in [0.2, 0.25) is 0 Å². The zero-order valence-corrected chi connectivity index (χ0v) is 12.5. The fourth-order valence-electron chi connectivity index (χ4n) is 2.85. The third-order valence-electron chi connectivity index (χ3n) is 4.24. The highest BCUT2D eigenvalue weighted by Crippen LogP contribution is 2.28. The van der Waals surface area contributed by atoms with Gasteiger partial charge in [0.25, 0.3) is 5.69 Å². The van der Waals surface area contributed by atoms with E-state index in [9.17, 15) is 15.4 Å². The Morgan fingerprint density at radius 1 is 1.48 bits per heavy atom. The fraction of sp³-hybridized carbons (Fsp3) is 0.533. The molecule has 1 aromatic carbocycles. The van der Waals surface area contributed by atoms with Crippen LogP contribution in [-0.4, -0.2) is 42.5 Å². The maximum absolute atomic E-state index is 10.8. The summed E-state index contributed by atoms with van der Waals surface area (Å²) in [7, 11) is 1.97. The maximum atomic E-state index is 10.8. The molecule has 1 aromatic rings. The van der Waals surface area contributed by atoms with E-state index < -0.39 is 4.92 Å². The molecule has 0 saturated carbocycles. The summed E-state index contributed by atoms with van der Waals surface area (Å²) in [4.78, 5) is 14.8. The third-order valence-corrected chi connectivity index (χ3v) is 4.24. The zero-order chi connectivity index (χ0) is 15.4. The highest BCUT2D eigenvalue weighted by atomic mass is 16.6. The first-order valence-corrected chi connectivity index (χ1v) is 7.20. The first-order chi connectivity index (χ1) is 10.1. The fourth-order valence-corrected chi connectivity index (χ4v) is 2.85. The Balaban J connectivity index is 2.18. The average Bonchev–Trinajstić information content (AvgIpc) is 2.53. The van der Waals surface area contributed by atoms with Crippen molar-refractivity contribution in [1.82, 2.24) is 4.90 Å². The molecule has 1 saturated heterocycles. The standard InChI is InChI=1S/C15H20N4O2/c1-3-18-8-6-13(7-9-18)17(2)15-5-4-14(19(20)21)10-12(15)11-16/h4-5,10,13H,3,6-9H2,1-2H3. The lowest BCUT2D eigenvalue weighted by Crippen LogP contribution is -2.43. The molecule has 0 atom stereocenters. The number of nitro benzene ring substituents is 1. The van der Waals surface area contributed by atoms with Gasteiger partial charge in [0.05, 0.1) is 16.2 Å². The van der Waals surface area contributed by atoms with Gasteiger partial charge >= 0.3 is 0 Å². The number of hydrogen-bond acceptors (Lipinski definition) is 5. The van der Waals surface area contributed by atoms with Gasteiger partial charge in [-0.3, -0.25) is 10.1 Å². The molecule has 6 heteroatoms. The van der Waals surface area contributed by atoms with E-state index in [1.54, 1.807) is 6.07 Å². The molecule has 0 spiro atoms. The van der Waals surface area contributed by atoms with E-state index in [-0.39, 0.29) is 5.69 Å². The number of piperidine rings is 1. The van der Waals surface area contributed by atoms with Gasteiger partial charge in [-0.1, -0.05) is 6.92 Å². The zero-order valence-electron chi connectivity index (χ0n) is 12.5. The van der Waals surface area contributed by atoms with Crippen LogP contribution >= 0.6 is 0 Å². The van der Waals surface area contributed by atoms with Gasteiger partial charge < -0.3 is 9.80 Å². The van der Waals surface area contributed by atoms with Gasteiger partial charge in [0, 0.05) is 38.3 Å². The van der Waals surface area contributed by atoms with Gasteiger partial charge in [-0.25, -0.2) is 0 Å². The van der Waals surface area contributed by atoms with Crippen molar-refractivity contribution in [1.29, 1.82) is 5.26 Å². The molecule has 0 amide bonds. The minimum absolute atomic E-state index is 0.0375.